The zero-order valence-corrected chi connectivity index (χ0v) is 15.3. The molecule has 4 rings (SSSR count). The normalized spacial score (nSPS) is 14.1. The third-order valence-corrected chi connectivity index (χ3v) is 5.27. The minimum absolute atomic E-state index is 0.139. The summed E-state index contributed by atoms with van der Waals surface area (Å²) in [7, 11) is 1.66. The Labute approximate surface area is 156 Å². The van der Waals surface area contributed by atoms with Gasteiger partial charge in [0.15, 0.2) is 11.5 Å². The smallest absolute Gasteiger partial charge is 0.162 e. The SMILES string of the molecule is COc1ccc(CC(N)c2nc(-c3ccc4c(c3)OCCO4)cs2)cc1. The molecule has 2 N–H and O–H groups in total. The summed E-state index contributed by atoms with van der Waals surface area (Å²) < 4.78 is 16.4. The number of thiazole rings is 1. The second kappa shape index (κ2) is 7.35. The van der Waals surface area contributed by atoms with Crippen LogP contribution in [-0.2, 0) is 6.42 Å². The van der Waals surface area contributed by atoms with Gasteiger partial charge in [-0.3, -0.25) is 0 Å². The summed E-state index contributed by atoms with van der Waals surface area (Å²) in [4.78, 5) is 4.73. The number of benzene rings is 2. The van der Waals surface area contributed by atoms with Gasteiger partial charge in [0.1, 0.15) is 24.0 Å². The van der Waals surface area contributed by atoms with Crippen molar-refractivity contribution < 1.29 is 14.2 Å². The first-order valence-corrected chi connectivity index (χ1v) is 9.35. The molecule has 0 saturated heterocycles. The van der Waals surface area contributed by atoms with Crippen molar-refractivity contribution in [2.45, 2.75) is 12.5 Å². The lowest BCUT2D eigenvalue weighted by Gasteiger charge is -2.18. The lowest BCUT2D eigenvalue weighted by Crippen LogP contribution is -2.15. The van der Waals surface area contributed by atoms with Crippen LogP contribution in [0, 0.1) is 0 Å². The quantitative estimate of drug-likeness (QED) is 0.741. The van der Waals surface area contributed by atoms with Crippen molar-refractivity contribution >= 4 is 11.3 Å². The predicted octanol–water partition coefficient (Wildman–Crippen LogP) is 3.83. The standard InChI is InChI=1S/C20H20N2O3S/c1-23-15-5-2-13(3-6-15)10-16(21)20-22-17(12-26-20)14-4-7-18-19(11-14)25-9-8-24-18/h2-7,11-12,16H,8-10,21H2,1H3. The largest absolute Gasteiger partial charge is 0.497 e. The van der Waals surface area contributed by atoms with Crippen LogP contribution in [-0.4, -0.2) is 25.3 Å². The van der Waals surface area contributed by atoms with Crippen LogP contribution in [0.15, 0.2) is 47.8 Å². The number of aromatic nitrogens is 1. The maximum Gasteiger partial charge on any atom is 0.162 e. The fourth-order valence-electron chi connectivity index (χ4n) is 2.90. The number of ether oxygens (including phenoxy) is 3. The topological polar surface area (TPSA) is 66.6 Å². The van der Waals surface area contributed by atoms with Gasteiger partial charge >= 0.3 is 0 Å². The molecule has 26 heavy (non-hydrogen) atoms. The van der Waals surface area contributed by atoms with E-state index in [1.54, 1.807) is 18.4 Å². The van der Waals surface area contributed by atoms with E-state index in [1.165, 1.54) is 0 Å². The average Bonchev–Trinajstić information content (AvgIpc) is 3.18. The van der Waals surface area contributed by atoms with Crippen molar-refractivity contribution in [2.75, 3.05) is 20.3 Å². The molecule has 0 radical (unpaired) electrons. The number of methoxy groups -OCH3 is 1. The highest BCUT2D eigenvalue weighted by Gasteiger charge is 2.16. The van der Waals surface area contributed by atoms with Crippen LogP contribution in [0.25, 0.3) is 11.3 Å². The predicted molar refractivity (Wildman–Crippen MR) is 102 cm³/mol. The average molecular weight is 368 g/mol. The van der Waals surface area contributed by atoms with Gasteiger partial charge in [0.05, 0.1) is 18.8 Å². The van der Waals surface area contributed by atoms with Gasteiger partial charge in [0.25, 0.3) is 0 Å². The molecule has 1 atom stereocenters. The maximum atomic E-state index is 6.37. The first kappa shape index (κ1) is 16.9. The number of rotatable bonds is 5. The van der Waals surface area contributed by atoms with E-state index in [0.29, 0.717) is 13.2 Å². The van der Waals surface area contributed by atoms with Crippen LogP contribution in [0.5, 0.6) is 17.2 Å². The molecule has 0 amide bonds. The molecule has 2 heterocycles. The van der Waals surface area contributed by atoms with Gasteiger partial charge < -0.3 is 19.9 Å². The van der Waals surface area contributed by atoms with Gasteiger partial charge in [0.2, 0.25) is 0 Å². The molecule has 1 aliphatic heterocycles. The lowest BCUT2D eigenvalue weighted by atomic mass is 10.1. The molecule has 0 saturated carbocycles. The van der Waals surface area contributed by atoms with Crippen LogP contribution in [0.4, 0.5) is 0 Å². The second-order valence-corrected chi connectivity index (χ2v) is 6.98. The van der Waals surface area contributed by atoms with Crippen LogP contribution in [0.2, 0.25) is 0 Å². The van der Waals surface area contributed by atoms with E-state index in [2.05, 4.69) is 0 Å². The van der Waals surface area contributed by atoms with Crippen molar-refractivity contribution in [3.8, 4) is 28.5 Å². The van der Waals surface area contributed by atoms with E-state index in [1.807, 2.05) is 47.8 Å². The van der Waals surface area contributed by atoms with Crippen molar-refractivity contribution in [3.05, 3.63) is 58.4 Å². The zero-order chi connectivity index (χ0) is 17.9. The molecular weight excluding hydrogens is 348 g/mol. The number of hydrogen-bond donors (Lipinski definition) is 1. The Bertz CT molecular complexity index is 892. The van der Waals surface area contributed by atoms with E-state index in [4.69, 9.17) is 24.9 Å². The lowest BCUT2D eigenvalue weighted by molar-refractivity contribution is 0.171. The van der Waals surface area contributed by atoms with E-state index in [-0.39, 0.29) is 6.04 Å². The van der Waals surface area contributed by atoms with Crippen molar-refractivity contribution in [1.29, 1.82) is 0 Å². The Hall–Kier alpha value is -2.57. The molecule has 134 valence electrons. The van der Waals surface area contributed by atoms with E-state index < -0.39 is 0 Å². The molecule has 5 nitrogen and oxygen atoms in total. The minimum Gasteiger partial charge on any atom is -0.497 e. The molecule has 3 aromatic rings. The number of hydrogen-bond acceptors (Lipinski definition) is 6. The summed E-state index contributed by atoms with van der Waals surface area (Å²) in [5.74, 6) is 2.40. The Morgan fingerprint density at radius 1 is 1.12 bits per heavy atom. The summed E-state index contributed by atoms with van der Waals surface area (Å²) in [5.41, 5.74) is 9.45. The monoisotopic (exact) mass is 368 g/mol. The van der Waals surface area contributed by atoms with Crippen molar-refractivity contribution in [3.63, 3.8) is 0 Å². The third-order valence-electron chi connectivity index (χ3n) is 4.29. The third kappa shape index (κ3) is 3.52. The summed E-state index contributed by atoms with van der Waals surface area (Å²) >= 11 is 1.58. The molecule has 1 aromatic heterocycles. The molecule has 6 heteroatoms. The molecular formula is C20H20N2O3S. The van der Waals surface area contributed by atoms with Gasteiger partial charge in [-0.2, -0.15) is 0 Å². The molecule has 0 fully saturated rings. The molecule has 1 unspecified atom stereocenters. The van der Waals surface area contributed by atoms with Crippen LogP contribution in [0.1, 0.15) is 16.6 Å². The molecule has 0 spiro atoms. The first-order chi connectivity index (χ1) is 12.7. The maximum absolute atomic E-state index is 6.37. The van der Waals surface area contributed by atoms with Gasteiger partial charge in [-0.05, 0) is 42.3 Å². The fraction of sp³-hybridized carbons (Fsp3) is 0.250. The van der Waals surface area contributed by atoms with Gasteiger partial charge in [-0.15, -0.1) is 11.3 Å². The van der Waals surface area contributed by atoms with Crippen LogP contribution >= 0.6 is 11.3 Å². The van der Waals surface area contributed by atoms with Crippen molar-refractivity contribution in [2.24, 2.45) is 5.73 Å². The number of nitrogens with zero attached hydrogens (tertiary/aromatic N) is 1. The van der Waals surface area contributed by atoms with Crippen LogP contribution in [0.3, 0.4) is 0 Å². The highest BCUT2D eigenvalue weighted by molar-refractivity contribution is 7.10. The Balaban J connectivity index is 1.50. The summed E-state index contributed by atoms with van der Waals surface area (Å²) in [6.45, 7) is 1.17. The number of fused-ring (bicyclic) bond motifs is 1. The molecule has 2 aromatic carbocycles. The van der Waals surface area contributed by atoms with Crippen molar-refractivity contribution in [1.82, 2.24) is 4.98 Å². The van der Waals surface area contributed by atoms with E-state index in [0.717, 1.165) is 45.5 Å². The minimum atomic E-state index is -0.139. The summed E-state index contributed by atoms with van der Waals surface area (Å²) in [6, 6.07) is 13.7. The second-order valence-electron chi connectivity index (χ2n) is 6.09. The first-order valence-electron chi connectivity index (χ1n) is 8.47. The molecule has 1 aliphatic rings. The van der Waals surface area contributed by atoms with Gasteiger partial charge in [0, 0.05) is 10.9 Å². The van der Waals surface area contributed by atoms with E-state index >= 15 is 0 Å². The molecule has 0 bridgehead atoms. The summed E-state index contributed by atoms with van der Waals surface area (Å²) in [6.07, 6.45) is 0.734. The Morgan fingerprint density at radius 2 is 1.88 bits per heavy atom. The number of nitrogens with two attached hydrogens (primary N) is 1. The zero-order valence-electron chi connectivity index (χ0n) is 14.5. The van der Waals surface area contributed by atoms with Gasteiger partial charge in [-0.1, -0.05) is 12.1 Å². The van der Waals surface area contributed by atoms with Gasteiger partial charge in [-0.25, -0.2) is 4.98 Å². The fourth-order valence-corrected chi connectivity index (χ4v) is 3.73. The molecule has 0 aliphatic carbocycles. The Morgan fingerprint density at radius 3 is 2.65 bits per heavy atom. The van der Waals surface area contributed by atoms with E-state index in [9.17, 15) is 0 Å². The summed E-state index contributed by atoms with van der Waals surface area (Å²) in [5, 5.41) is 2.96. The van der Waals surface area contributed by atoms with Crippen LogP contribution < -0.4 is 19.9 Å². The highest BCUT2D eigenvalue weighted by Crippen LogP contribution is 2.35. The Kier molecular flexibility index (Phi) is 4.77. The highest BCUT2D eigenvalue weighted by atomic mass is 32.1.